The number of pyridine rings is 1. The number of benzene rings is 1. The number of hydrogen-bond acceptors (Lipinski definition) is 5. The van der Waals surface area contributed by atoms with Crippen molar-refractivity contribution in [2.75, 3.05) is 29.1 Å². The lowest BCUT2D eigenvalue weighted by molar-refractivity contribution is -0.115. The number of carbonyl (C=O) groups is 2. The normalized spacial score (nSPS) is 13.1. The molecule has 1 aromatic carbocycles. The number of aromatic nitrogens is 3. The van der Waals surface area contributed by atoms with Gasteiger partial charge in [-0.05, 0) is 25.1 Å². The summed E-state index contributed by atoms with van der Waals surface area (Å²) in [5, 5.41) is 9.45. The second-order valence-corrected chi connectivity index (χ2v) is 6.60. The summed E-state index contributed by atoms with van der Waals surface area (Å²) in [5.41, 5.74) is 1.56. The fourth-order valence-electron chi connectivity index (χ4n) is 3.08. The zero-order chi connectivity index (χ0) is 20.7. The number of hydrogen-bond donors (Lipinski definition) is 2. The van der Waals surface area contributed by atoms with Crippen molar-refractivity contribution in [3.8, 4) is 5.69 Å². The van der Waals surface area contributed by atoms with Gasteiger partial charge in [-0.2, -0.15) is 5.10 Å². The van der Waals surface area contributed by atoms with Gasteiger partial charge >= 0.3 is 0 Å². The first-order chi connectivity index (χ1) is 13.8. The van der Waals surface area contributed by atoms with Gasteiger partial charge < -0.3 is 15.5 Å². The molecule has 0 atom stereocenters. The maximum Gasteiger partial charge on any atom is 0.257 e. The molecule has 4 rings (SSSR count). The molecule has 0 bridgehead atoms. The summed E-state index contributed by atoms with van der Waals surface area (Å²) >= 11 is 0. The van der Waals surface area contributed by atoms with Gasteiger partial charge in [-0.25, -0.2) is 18.4 Å². The Hall–Kier alpha value is -3.82. The summed E-state index contributed by atoms with van der Waals surface area (Å²) < 4.78 is 28.4. The van der Waals surface area contributed by atoms with Gasteiger partial charge in [-0.1, -0.05) is 0 Å². The summed E-state index contributed by atoms with van der Waals surface area (Å²) in [4.78, 5) is 30.2. The van der Waals surface area contributed by atoms with Crippen LogP contribution in [0, 0.1) is 18.6 Å². The van der Waals surface area contributed by atoms with Crippen LogP contribution in [0.25, 0.3) is 5.69 Å². The van der Waals surface area contributed by atoms with E-state index in [9.17, 15) is 18.4 Å². The molecule has 2 aromatic heterocycles. The molecular formula is C19H16F2N6O2. The number of rotatable bonds is 3. The minimum atomic E-state index is -0.771. The molecule has 1 aliphatic heterocycles. The minimum absolute atomic E-state index is 0.0607. The predicted molar refractivity (Wildman–Crippen MR) is 102 cm³/mol. The largest absolute Gasteiger partial charge is 0.349 e. The Morgan fingerprint density at radius 3 is 2.79 bits per heavy atom. The molecular weight excluding hydrogens is 382 g/mol. The first kappa shape index (κ1) is 18.5. The second-order valence-electron chi connectivity index (χ2n) is 6.60. The van der Waals surface area contributed by atoms with Gasteiger partial charge in [0.1, 0.15) is 11.5 Å². The lowest BCUT2D eigenvalue weighted by Crippen LogP contribution is -2.36. The lowest BCUT2D eigenvalue weighted by atomic mass is 10.2. The van der Waals surface area contributed by atoms with Crippen molar-refractivity contribution in [3.05, 3.63) is 59.6 Å². The average Bonchev–Trinajstić information content (AvgIpc) is 3.01. The Morgan fingerprint density at radius 1 is 1.24 bits per heavy atom. The number of likely N-dealkylation sites (N-methyl/N-ethyl adjacent to an activating group) is 1. The molecule has 2 amide bonds. The van der Waals surface area contributed by atoms with E-state index >= 15 is 0 Å². The molecule has 0 fully saturated rings. The summed E-state index contributed by atoms with van der Waals surface area (Å²) in [6.45, 7) is 1.83. The Labute approximate surface area is 164 Å². The van der Waals surface area contributed by atoms with Gasteiger partial charge in [0.15, 0.2) is 11.6 Å². The van der Waals surface area contributed by atoms with E-state index in [2.05, 4.69) is 20.7 Å². The van der Waals surface area contributed by atoms with Crippen molar-refractivity contribution in [2.24, 2.45) is 0 Å². The third kappa shape index (κ3) is 3.40. The van der Waals surface area contributed by atoms with Gasteiger partial charge in [0.05, 0.1) is 35.4 Å². The number of amides is 2. The van der Waals surface area contributed by atoms with Crippen LogP contribution in [0.3, 0.4) is 0 Å². The highest BCUT2D eigenvalue weighted by Crippen LogP contribution is 2.27. The summed E-state index contributed by atoms with van der Waals surface area (Å²) in [7, 11) is 1.73. The predicted octanol–water partition coefficient (Wildman–Crippen LogP) is 2.49. The molecule has 29 heavy (non-hydrogen) atoms. The van der Waals surface area contributed by atoms with Gasteiger partial charge in [-0.3, -0.25) is 9.59 Å². The van der Waals surface area contributed by atoms with Crippen molar-refractivity contribution in [1.82, 2.24) is 14.8 Å². The van der Waals surface area contributed by atoms with Crippen LogP contribution in [0.1, 0.15) is 16.1 Å². The van der Waals surface area contributed by atoms with Crippen molar-refractivity contribution in [2.45, 2.75) is 6.92 Å². The maximum absolute atomic E-state index is 14.0. The van der Waals surface area contributed by atoms with Gasteiger partial charge in [0.25, 0.3) is 5.91 Å². The van der Waals surface area contributed by atoms with E-state index < -0.39 is 17.5 Å². The quantitative estimate of drug-likeness (QED) is 0.707. The Morgan fingerprint density at radius 2 is 2.03 bits per heavy atom. The van der Waals surface area contributed by atoms with Crippen LogP contribution >= 0.6 is 0 Å². The summed E-state index contributed by atoms with van der Waals surface area (Å²) in [6, 6.07) is 4.69. The highest BCUT2D eigenvalue weighted by atomic mass is 19.1. The van der Waals surface area contributed by atoms with Crippen LogP contribution in [0.15, 0.2) is 36.7 Å². The van der Waals surface area contributed by atoms with E-state index in [0.29, 0.717) is 22.9 Å². The smallest absolute Gasteiger partial charge is 0.257 e. The molecule has 0 aliphatic carbocycles. The topological polar surface area (TPSA) is 92.2 Å². The van der Waals surface area contributed by atoms with E-state index in [0.717, 1.165) is 12.1 Å². The molecule has 3 aromatic rings. The molecule has 1 aliphatic rings. The first-order valence-electron chi connectivity index (χ1n) is 8.66. The van der Waals surface area contributed by atoms with Crippen molar-refractivity contribution < 1.29 is 18.4 Å². The van der Waals surface area contributed by atoms with Crippen molar-refractivity contribution in [3.63, 3.8) is 0 Å². The fourth-order valence-corrected chi connectivity index (χ4v) is 3.08. The molecule has 0 saturated heterocycles. The fraction of sp³-hybridized carbons (Fsp3) is 0.158. The van der Waals surface area contributed by atoms with Crippen LogP contribution in [-0.2, 0) is 4.79 Å². The summed E-state index contributed by atoms with van der Waals surface area (Å²) in [6.07, 6.45) is 2.78. The van der Waals surface area contributed by atoms with Crippen LogP contribution in [0.2, 0.25) is 0 Å². The van der Waals surface area contributed by atoms with Gasteiger partial charge in [-0.15, -0.1) is 0 Å². The highest BCUT2D eigenvalue weighted by Gasteiger charge is 2.22. The molecule has 2 N–H and O–H groups in total. The molecule has 0 saturated carbocycles. The molecule has 0 spiro atoms. The summed E-state index contributed by atoms with van der Waals surface area (Å²) in [5.74, 6) is -1.56. The third-order valence-electron chi connectivity index (χ3n) is 4.54. The molecule has 148 valence electrons. The first-order valence-corrected chi connectivity index (χ1v) is 8.66. The lowest BCUT2D eigenvalue weighted by Gasteiger charge is -2.26. The number of nitrogens with zero attached hydrogens (tertiary/aromatic N) is 4. The maximum atomic E-state index is 14.0. The second kappa shape index (κ2) is 6.97. The van der Waals surface area contributed by atoms with E-state index in [1.54, 1.807) is 18.9 Å². The van der Waals surface area contributed by atoms with E-state index in [-0.39, 0.29) is 23.7 Å². The number of halogens is 2. The zero-order valence-corrected chi connectivity index (χ0v) is 15.5. The monoisotopic (exact) mass is 398 g/mol. The van der Waals surface area contributed by atoms with E-state index in [1.807, 2.05) is 0 Å². The van der Waals surface area contributed by atoms with Gasteiger partial charge in [0.2, 0.25) is 5.91 Å². The Bertz CT molecular complexity index is 1140. The highest BCUT2D eigenvalue weighted by molar-refractivity contribution is 6.07. The van der Waals surface area contributed by atoms with Crippen LogP contribution in [-0.4, -0.2) is 40.2 Å². The van der Waals surface area contributed by atoms with E-state index in [4.69, 9.17) is 0 Å². The molecule has 0 radical (unpaired) electrons. The minimum Gasteiger partial charge on any atom is -0.349 e. The molecule has 10 heteroatoms. The van der Waals surface area contributed by atoms with Crippen molar-refractivity contribution in [1.29, 1.82) is 0 Å². The van der Waals surface area contributed by atoms with E-state index in [1.165, 1.54) is 29.2 Å². The number of fused-ring (bicyclic) bond motifs is 1. The Balaban J connectivity index is 1.59. The van der Waals surface area contributed by atoms with Crippen LogP contribution in [0.4, 0.5) is 26.0 Å². The average molecular weight is 398 g/mol. The zero-order valence-electron chi connectivity index (χ0n) is 15.5. The van der Waals surface area contributed by atoms with Crippen LogP contribution in [0.5, 0.6) is 0 Å². The van der Waals surface area contributed by atoms with Gasteiger partial charge in [0, 0.05) is 19.3 Å². The SMILES string of the molecule is Cc1c(NC(=O)c2cnc3c(c2)NC(=O)CN3C)cnn1-c1ccc(F)cc1F. The molecule has 0 unspecified atom stereocenters. The Kier molecular flexibility index (Phi) is 4.45. The molecule has 3 heterocycles. The standard InChI is InChI=1S/C19H16F2N6O2/c1-10-15(8-23-27(10)16-4-3-12(20)6-13(16)21)25-19(29)11-5-14-18(22-7-11)26(2)9-17(28)24-14/h3-8H,9H2,1-2H3,(H,24,28)(H,25,29). The number of anilines is 3. The number of nitrogens with one attached hydrogen (secondary N) is 2. The number of carbonyl (C=O) groups excluding carboxylic acids is 2. The van der Waals surface area contributed by atoms with Crippen LogP contribution < -0.4 is 15.5 Å². The van der Waals surface area contributed by atoms with Crippen molar-refractivity contribution >= 4 is 29.0 Å². The third-order valence-corrected chi connectivity index (χ3v) is 4.54. The molecule has 8 nitrogen and oxygen atoms in total.